The molecule has 194 valence electrons. The van der Waals surface area contributed by atoms with E-state index in [1.165, 1.54) is 38.5 Å². The third-order valence-electron chi connectivity index (χ3n) is 6.18. The van der Waals surface area contributed by atoms with E-state index in [0.29, 0.717) is 32.0 Å². The molecule has 0 aromatic carbocycles. The maximum absolute atomic E-state index is 12.1. The zero-order chi connectivity index (χ0) is 24.3. The van der Waals surface area contributed by atoms with Crippen LogP contribution in [-0.4, -0.2) is 37.7 Å². The van der Waals surface area contributed by atoms with Crippen LogP contribution in [0.4, 0.5) is 9.59 Å². The number of hydrogen-bond acceptors (Lipinski definition) is 6. The highest BCUT2D eigenvalue weighted by molar-refractivity contribution is 5.61. The predicted octanol–water partition coefficient (Wildman–Crippen LogP) is 8.21. The quantitative estimate of drug-likeness (QED) is 0.157. The van der Waals surface area contributed by atoms with E-state index in [4.69, 9.17) is 18.9 Å². The minimum absolute atomic E-state index is 0.365. The van der Waals surface area contributed by atoms with Crippen LogP contribution in [0.2, 0.25) is 0 Å². The van der Waals surface area contributed by atoms with Gasteiger partial charge in [-0.25, -0.2) is 9.59 Å². The van der Waals surface area contributed by atoms with Crippen LogP contribution in [0.1, 0.15) is 124 Å². The van der Waals surface area contributed by atoms with Crippen molar-refractivity contribution in [2.75, 3.05) is 13.2 Å². The second-order valence-electron chi connectivity index (χ2n) is 10.3. The highest BCUT2D eigenvalue weighted by atomic mass is 16.8. The molecule has 0 aromatic heterocycles. The topological polar surface area (TPSA) is 71.1 Å². The zero-order valence-corrected chi connectivity index (χ0v) is 21.8. The van der Waals surface area contributed by atoms with Gasteiger partial charge < -0.3 is 18.9 Å². The molecule has 0 bridgehead atoms. The van der Waals surface area contributed by atoms with Crippen molar-refractivity contribution in [1.29, 1.82) is 0 Å². The average molecular weight is 471 g/mol. The maximum atomic E-state index is 12.1. The molecule has 2 unspecified atom stereocenters. The second-order valence-corrected chi connectivity index (χ2v) is 10.3. The molecule has 0 aromatic rings. The van der Waals surface area contributed by atoms with Crippen LogP contribution in [0, 0.1) is 11.8 Å². The van der Waals surface area contributed by atoms with Crippen molar-refractivity contribution >= 4 is 12.3 Å². The van der Waals surface area contributed by atoms with Crippen LogP contribution in [-0.2, 0) is 18.9 Å². The summed E-state index contributed by atoms with van der Waals surface area (Å²) in [6, 6.07) is 0. The van der Waals surface area contributed by atoms with Crippen LogP contribution in [0.15, 0.2) is 0 Å². The molecule has 33 heavy (non-hydrogen) atoms. The van der Waals surface area contributed by atoms with Crippen LogP contribution >= 0.6 is 0 Å². The molecule has 0 spiro atoms. The minimum atomic E-state index is -0.669. The fourth-order valence-electron chi connectivity index (χ4n) is 4.15. The van der Waals surface area contributed by atoms with Gasteiger partial charge in [0.15, 0.2) is 0 Å². The van der Waals surface area contributed by atoms with E-state index in [2.05, 4.69) is 27.7 Å². The summed E-state index contributed by atoms with van der Waals surface area (Å²) in [5, 5.41) is 0. The van der Waals surface area contributed by atoms with Gasteiger partial charge in [0.25, 0.3) is 0 Å². The Morgan fingerprint density at radius 3 is 1.42 bits per heavy atom. The molecule has 1 aliphatic carbocycles. The van der Waals surface area contributed by atoms with Crippen LogP contribution in [0.3, 0.4) is 0 Å². The summed E-state index contributed by atoms with van der Waals surface area (Å²) in [7, 11) is 0. The van der Waals surface area contributed by atoms with Gasteiger partial charge in [-0.15, -0.1) is 0 Å². The molecule has 1 saturated carbocycles. The SMILES string of the molecule is CC(C)CCCCCCCCCOC(=O)OC1CCCCC1OC(=O)OCCCCC(C)C. The summed E-state index contributed by atoms with van der Waals surface area (Å²) >= 11 is 0. The molecule has 2 atom stereocenters. The van der Waals surface area contributed by atoms with E-state index in [1.807, 2.05) is 0 Å². The van der Waals surface area contributed by atoms with E-state index >= 15 is 0 Å². The number of carbonyl (C=O) groups is 2. The summed E-state index contributed by atoms with van der Waals surface area (Å²) in [6.07, 6.45) is 13.6. The predicted molar refractivity (Wildman–Crippen MR) is 131 cm³/mol. The smallest absolute Gasteiger partial charge is 0.434 e. The van der Waals surface area contributed by atoms with Gasteiger partial charge in [0.05, 0.1) is 13.2 Å². The summed E-state index contributed by atoms with van der Waals surface area (Å²) in [6.45, 7) is 9.65. The van der Waals surface area contributed by atoms with E-state index in [1.54, 1.807) is 0 Å². The first-order valence-corrected chi connectivity index (χ1v) is 13.5. The third-order valence-corrected chi connectivity index (χ3v) is 6.18. The van der Waals surface area contributed by atoms with Gasteiger partial charge >= 0.3 is 12.3 Å². The van der Waals surface area contributed by atoms with Gasteiger partial charge in [-0.3, -0.25) is 0 Å². The molecule has 0 radical (unpaired) electrons. The van der Waals surface area contributed by atoms with E-state index < -0.39 is 24.5 Å². The molecule has 6 nitrogen and oxygen atoms in total. The lowest BCUT2D eigenvalue weighted by atomic mass is 9.95. The van der Waals surface area contributed by atoms with Crippen molar-refractivity contribution in [3.63, 3.8) is 0 Å². The molecular weight excluding hydrogens is 420 g/mol. The lowest BCUT2D eigenvalue weighted by molar-refractivity contribution is -0.0713. The van der Waals surface area contributed by atoms with Crippen molar-refractivity contribution in [3.8, 4) is 0 Å². The lowest BCUT2D eigenvalue weighted by Crippen LogP contribution is -2.38. The second kappa shape index (κ2) is 18.9. The van der Waals surface area contributed by atoms with Crippen molar-refractivity contribution in [2.24, 2.45) is 11.8 Å². The Hall–Kier alpha value is -1.46. The highest BCUT2D eigenvalue weighted by Crippen LogP contribution is 2.25. The Morgan fingerprint density at radius 1 is 0.606 bits per heavy atom. The molecule has 0 amide bonds. The summed E-state index contributed by atoms with van der Waals surface area (Å²) < 4.78 is 21.4. The van der Waals surface area contributed by atoms with Crippen molar-refractivity contribution in [1.82, 2.24) is 0 Å². The monoisotopic (exact) mass is 470 g/mol. The standard InChI is InChI=1S/C27H50O6/c1-22(2)16-10-8-6-5-7-9-14-20-30-26(28)32-24-18-11-12-19-25(24)33-27(29)31-21-15-13-17-23(3)4/h22-25H,5-21H2,1-4H3. The first kappa shape index (κ1) is 29.6. The molecule has 0 saturated heterocycles. The molecule has 0 aliphatic heterocycles. The van der Waals surface area contributed by atoms with Gasteiger partial charge in [0.1, 0.15) is 12.2 Å². The van der Waals surface area contributed by atoms with Crippen molar-refractivity contribution in [3.05, 3.63) is 0 Å². The minimum Gasteiger partial charge on any atom is -0.434 e. The molecular formula is C27H50O6. The Morgan fingerprint density at radius 2 is 0.970 bits per heavy atom. The van der Waals surface area contributed by atoms with E-state index in [-0.39, 0.29) is 0 Å². The first-order valence-electron chi connectivity index (χ1n) is 13.5. The number of unbranched alkanes of at least 4 members (excludes halogenated alkanes) is 7. The largest absolute Gasteiger partial charge is 0.508 e. The fraction of sp³-hybridized carbons (Fsp3) is 0.926. The van der Waals surface area contributed by atoms with E-state index in [0.717, 1.165) is 50.9 Å². The Kier molecular flexibility index (Phi) is 16.9. The Balaban J connectivity index is 2.11. The highest BCUT2D eigenvalue weighted by Gasteiger charge is 2.32. The summed E-state index contributed by atoms with van der Waals surface area (Å²) in [4.78, 5) is 24.1. The molecule has 1 aliphatic rings. The van der Waals surface area contributed by atoms with Crippen LogP contribution in [0.25, 0.3) is 0 Å². The zero-order valence-electron chi connectivity index (χ0n) is 21.8. The van der Waals surface area contributed by atoms with Gasteiger partial charge in [-0.05, 0) is 56.8 Å². The van der Waals surface area contributed by atoms with Gasteiger partial charge in [0.2, 0.25) is 0 Å². The number of rotatable bonds is 17. The summed E-state index contributed by atoms with van der Waals surface area (Å²) in [5.74, 6) is 1.46. The lowest BCUT2D eigenvalue weighted by Gasteiger charge is -2.29. The van der Waals surface area contributed by atoms with Crippen molar-refractivity contribution in [2.45, 2.75) is 136 Å². The van der Waals surface area contributed by atoms with E-state index in [9.17, 15) is 9.59 Å². The third kappa shape index (κ3) is 16.7. The molecule has 0 heterocycles. The number of ether oxygens (including phenoxy) is 4. The Labute approximate surface area is 202 Å². The molecule has 6 heteroatoms. The number of hydrogen-bond donors (Lipinski definition) is 0. The van der Waals surface area contributed by atoms with Gasteiger partial charge in [-0.2, -0.15) is 0 Å². The van der Waals surface area contributed by atoms with Gasteiger partial charge in [-0.1, -0.05) is 79.1 Å². The van der Waals surface area contributed by atoms with Crippen LogP contribution in [0.5, 0.6) is 0 Å². The fourth-order valence-corrected chi connectivity index (χ4v) is 4.15. The van der Waals surface area contributed by atoms with Crippen molar-refractivity contribution < 1.29 is 28.5 Å². The van der Waals surface area contributed by atoms with Gasteiger partial charge in [0, 0.05) is 0 Å². The summed E-state index contributed by atoms with van der Waals surface area (Å²) in [5.41, 5.74) is 0. The first-order chi connectivity index (χ1) is 15.9. The normalized spacial score (nSPS) is 18.4. The Bertz CT molecular complexity index is 505. The van der Waals surface area contributed by atoms with Crippen LogP contribution < -0.4 is 0 Å². The average Bonchev–Trinajstić information content (AvgIpc) is 2.75. The maximum Gasteiger partial charge on any atom is 0.508 e. The molecule has 1 fully saturated rings. The molecule has 0 N–H and O–H groups in total. The molecule has 1 rings (SSSR count). The number of carbonyl (C=O) groups excluding carboxylic acids is 2.